The second-order valence-electron chi connectivity index (χ2n) is 7.76. The van der Waals surface area contributed by atoms with Gasteiger partial charge >= 0.3 is 0 Å². The molecule has 0 spiro atoms. The smallest absolute Gasteiger partial charge is 0.253 e. The lowest BCUT2D eigenvalue weighted by molar-refractivity contribution is 0.0681. The van der Waals surface area contributed by atoms with Gasteiger partial charge in [0.2, 0.25) is 0 Å². The van der Waals surface area contributed by atoms with Crippen LogP contribution in [-0.2, 0) is 6.54 Å². The van der Waals surface area contributed by atoms with Gasteiger partial charge in [0.15, 0.2) is 0 Å². The van der Waals surface area contributed by atoms with Crippen molar-refractivity contribution in [3.8, 4) is 0 Å². The third kappa shape index (κ3) is 4.04. The Hall–Kier alpha value is -1.04. The predicted octanol–water partition coefficient (Wildman–Crippen LogP) is 2.59. The summed E-state index contributed by atoms with van der Waals surface area (Å²) < 4.78 is 0. The van der Waals surface area contributed by atoms with E-state index in [0.717, 1.165) is 24.9 Å². The maximum atomic E-state index is 12.9. The number of carbonyl (C=O) groups excluding carboxylic acids is 1. The molecule has 3 heterocycles. The van der Waals surface area contributed by atoms with Crippen LogP contribution in [0.4, 0.5) is 0 Å². The number of nitrogens with zero attached hydrogens (tertiary/aromatic N) is 2. The third-order valence-corrected chi connectivity index (χ3v) is 6.97. The molecule has 4 nitrogen and oxygen atoms in total. The van der Waals surface area contributed by atoms with Crippen molar-refractivity contribution < 1.29 is 4.79 Å². The fraction of sp³-hybridized carbons (Fsp3) is 0.650. The number of fused-ring (bicyclic) bond motifs is 2. The van der Waals surface area contributed by atoms with Gasteiger partial charge < -0.3 is 10.2 Å². The zero-order valence-corrected chi connectivity index (χ0v) is 15.9. The molecule has 2 bridgehead atoms. The highest BCUT2D eigenvalue weighted by molar-refractivity contribution is 7.99. The molecule has 1 amide bonds. The second-order valence-corrected chi connectivity index (χ2v) is 8.99. The molecule has 0 aromatic heterocycles. The average molecular weight is 360 g/mol. The predicted molar refractivity (Wildman–Crippen MR) is 104 cm³/mol. The summed E-state index contributed by atoms with van der Waals surface area (Å²) in [6.07, 6.45) is 4.74. The van der Waals surface area contributed by atoms with Crippen molar-refractivity contribution >= 4 is 17.7 Å². The van der Waals surface area contributed by atoms with Crippen molar-refractivity contribution in [1.82, 2.24) is 15.1 Å². The van der Waals surface area contributed by atoms with Crippen LogP contribution >= 0.6 is 11.8 Å². The normalized spacial score (nSPS) is 29.6. The number of rotatable bonds is 4. The fourth-order valence-corrected chi connectivity index (χ4v) is 5.46. The summed E-state index contributed by atoms with van der Waals surface area (Å²) in [6.45, 7) is 3.35. The molecule has 3 aliphatic rings. The summed E-state index contributed by atoms with van der Waals surface area (Å²) in [4.78, 5) is 17.4. The second kappa shape index (κ2) is 7.68. The van der Waals surface area contributed by atoms with Gasteiger partial charge in [-0.25, -0.2) is 0 Å². The van der Waals surface area contributed by atoms with Crippen molar-refractivity contribution in [3.05, 3.63) is 35.4 Å². The van der Waals surface area contributed by atoms with E-state index in [1.165, 1.54) is 43.0 Å². The van der Waals surface area contributed by atoms with Gasteiger partial charge in [0, 0.05) is 61.9 Å². The minimum Gasteiger partial charge on any atom is -0.339 e. The van der Waals surface area contributed by atoms with Crippen LogP contribution in [0.5, 0.6) is 0 Å². The van der Waals surface area contributed by atoms with Crippen molar-refractivity contribution in [2.24, 2.45) is 0 Å². The number of hydrogen-bond donors (Lipinski definition) is 1. The van der Waals surface area contributed by atoms with E-state index in [9.17, 15) is 4.79 Å². The molecule has 0 saturated carbocycles. The van der Waals surface area contributed by atoms with E-state index in [4.69, 9.17) is 0 Å². The van der Waals surface area contributed by atoms with Gasteiger partial charge in [0.25, 0.3) is 5.91 Å². The lowest BCUT2D eigenvalue weighted by Gasteiger charge is -2.35. The number of amides is 1. The first-order valence-corrected chi connectivity index (χ1v) is 10.8. The Labute approximate surface area is 155 Å². The van der Waals surface area contributed by atoms with Crippen LogP contribution < -0.4 is 5.32 Å². The molecule has 1 aromatic rings. The van der Waals surface area contributed by atoms with Crippen LogP contribution in [0.3, 0.4) is 0 Å². The van der Waals surface area contributed by atoms with E-state index in [0.29, 0.717) is 18.1 Å². The van der Waals surface area contributed by atoms with Gasteiger partial charge in [0.1, 0.15) is 0 Å². The van der Waals surface area contributed by atoms with Gasteiger partial charge in [-0.3, -0.25) is 9.69 Å². The summed E-state index contributed by atoms with van der Waals surface area (Å²) >= 11 is 2.04. The van der Waals surface area contributed by atoms with Gasteiger partial charge in [-0.1, -0.05) is 12.1 Å². The lowest BCUT2D eigenvalue weighted by Crippen LogP contribution is -2.48. The molecule has 25 heavy (non-hydrogen) atoms. The maximum absolute atomic E-state index is 12.9. The monoisotopic (exact) mass is 359 g/mol. The average Bonchev–Trinajstić information content (AvgIpc) is 3.00. The Balaban J connectivity index is 1.36. The van der Waals surface area contributed by atoms with E-state index in [-0.39, 0.29) is 5.91 Å². The van der Waals surface area contributed by atoms with Crippen LogP contribution in [0.1, 0.15) is 41.6 Å². The van der Waals surface area contributed by atoms with E-state index in [2.05, 4.69) is 22.3 Å². The molecule has 0 radical (unpaired) electrons. The van der Waals surface area contributed by atoms with Crippen molar-refractivity contribution in [2.75, 3.05) is 31.6 Å². The summed E-state index contributed by atoms with van der Waals surface area (Å²) in [5, 5.41) is 3.66. The molecule has 3 fully saturated rings. The van der Waals surface area contributed by atoms with Crippen LogP contribution in [0.25, 0.3) is 0 Å². The molecule has 2 atom stereocenters. The quantitative estimate of drug-likeness (QED) is 0.896. The van der Waals surface area contributed by atoms with Crippen LogP contribution in [0, 0.1) is 0 Å². The molecule has 2 unspecified atom stereocenters. The summed E-state index contributed by atoms with van der Waals surface area (Å²) in [5.74, 6) is 2.64. The first-order valence-electron chi connectivity index (χ1n) is 9.61. The SMILES string of the molecule is CN(C(=O)c1ccc(CN2CCSCC2)cc1)C1CC2CCC(C1)N2. The zero-order valence-electron chi connectivity index (χ0n) is 15.1. The minimum absolute atomic E-state index is 0.173. The molecular formula is C20H29N3OS. The number of piperidine rings is 1. The maximum Gasteiger partial charge on any atom is 0.253 e. The largest absolute Gasteiger partial charge is 0.339 e. The van der Waals surface area contributed by atoms with Crippen LogP contribution in [0.15, 0.2) is 24.3 Å². The Morgan fingerprint density at radius 2 is 1.80 bits per heavy atom. The number of thioether (sulfide) groups is 1. The molecule has 1 aromatic carbocycles. The highest BCUT2D eigenvalue weighted by Gasteiger charge is 2.36. The highest BCUT2D eigenvalue weighted by Crippen LogP contribution is 2.29. The third-order valence-electron chi connectivity index (χ3n) is 6.03. The van der Waals surface area contributed by atoms with Crippen LogP contribution in [0.2, 0.25) is 0 Å². The van der Waals surface area contributed by atoms with Gasteiger partial charge in [-0.05, 0) is 43.4 Å². The first-order chi connectivity index (χ1) is 12.2. The summed E-state index contributed by atoms with van der Waals surface area (Å²) in [6, 6.07) is 9.92. The summed E-state index contributed by atoms with van der Waals surface area (Å²) in [5.41, 5.74) is 2.14. The Morgan fingerprint density at radius 3 is 2.44 bits per heavy atom. The molecule has 3 aliphatic heterocycles. The zero-order chi connectivity index (χ0) is 17.2. The highest BCUT2D eigenvalue weighted by atomic mass is 32.2. The molecular weight excluding hydrogens is 330 g/mol. The van der Waals surface area contributed by atoms with E-state index in [1.54, 1.807) is 0 Å². The van der Waals surface area contributed by atoms with Crippen molar-refractivity contribution in [1.29, 1.82) is 0 Å². The molecule has 136 valence electrons. The lowest BCUT2D eigenvalue weighted by atomic mass is 9.98. The number of hydrogen-bond acceptors (Lipinski definition) is 4. The van der Waals surface area contributed by atoms with Gasteiger partial charge in [0.05, 0.1) is 0 Å². The van der Waals surface area contributed by atoms with Crippen molar-refractivity contribution in [3.63, 3.8) is 0 Å². The number of carbonyl (C=O) groups is 1. The number of benzene rings is 1. The Bertz CT molecular complexity index is 587. The summed E-state index contributed by atoms with van der Waals surface area (Å²) in [7, 11) is 1.98. The van der Waals surface area contributed by atoms with Gasteiger partial charge in [-0.2, -0.15) is 11.8 Å². The Kier molecular flexibility index (Phi) is 5.34. The topological polar surface area (TPSA) is 35.6 Å². The standard InChI is InChI=1S/C20H29N3OS/c1-22(19-12-17-6-7-18(13-19)21-17)20(24)16-4-2-15(3-5-16)14-23-8-10-25-11-9-23/h2-5,17-19,21H,6-14H2,1H3. The van der Waals surface area contributed by atoms with E-state index in [1.807, 2.05) is 35.8 Å². The van der Waals surface area contributed by atoms with Crippen LogP contribution in [-0.4, -0.2) is 65.5 Å². The van der Waals surface area contributed by atoms with Crippen molar-refractivity contribution in [2.45, 2.75) is 50.4 Å². The molecule has 5 heteroatoms. The van der Waals surface area contributed by atoms with E-state index >= 15 is 0 Å². The molecule has 4 rings (SSSR count). The minimum atomic E-state index is 0.173. The van der Waals surface area contributed by atoms with E-state index < -0.39 is 0 Å². The Morgan fingerprint density at radius 1 is 1.16 bits per heavy atom. The first kappa shape index (κ1) is 17.4. The molecule has 1 N–H and O–H groups in total. The molecule has 3 saturated heterocycles. The molecule has 0 aliphatic carbocycles. The number of nitrogens with one attached hydrogen (secondary N) is 1. The fourth-order valence-electron chi connectivity index (χ4n) is 4.48. The van der Waals surface area contributed by atoms with Gasteiger partial charge in [-0.15, -0.1) is 0 Å².